The molecule has 0 fully saturated rings. The Morgan fingerprint density at radius 2 is 2.08 bits per heavy atom. The summed E-state index contributed by atoms with van der Waals surface area (Å²) in [7, 11) is 0. The third-order valence-corrected chi connectivity index (χ3v) is 2.34. The van der Waals surface area contributed by atoms with Crippen molar-refractivity contribution in [1.82, 2.24) is 0 Å². The number of benzene rings is 1. The van der Waals surface area contributed by atoms with Gasteiger partial charge in [0, 0.05) is 0 Å². The lowest BCUT2D eigenvalue weighted by Crippen LogP contribution is -1.95. The molecule has 1 unspecified atom stereocenters. The normalized spacial score (nSPS) is 12.9. The summed E-state index contributed by atoms with van der Waals surface area (Å²) in [5.41, 5.74) is 3.21. The average molecular weight is 184 g/mol. The Labute approximate surface area is 74.9 Å². The summed E-state index contributed by atoms with van der Waals surface area (Å²) in [5.74, 6) is 0.228. The number of rotatable bonds is 2. The zero-order valence-corrected chi connectivity index (χ0v) is 8.02. The maximum absolute atomic E-state index is 10.5. The summed E-state index contributed by atoms with van der Waals surface area (Å²) in [4.78, 5) is 0. The van der Waals surface area contributed by atoms with Crippen LogP contribution in [0.4, 0.5) is 0 Å². The van der Waals surface area contributed by atoms with E-state index in [1.54, 1.807) is 0 Å². The molecule has 0 aromatic heterocycles. The SMILES string of the molecule is Cc1ccc(CS(=O)O)c(C)c1. The topological polar surface area (TPSA) is 37.3 Å². The van der Waals surface area contributed by atoms with Crippen LogP contribution in [0.15, 0.2) is 18.2 Å². The quantitative estimate of drug-likeness (QED) is 0.714. The van der Waals surface area contributed by atoms with E-state index in [9.17, 15) is 4.21 Å². The Hall–Kier alpha value is -0.670. The van der Waals surface area contributed by atoms with Crippen molar-refractivity contribution in [3.05, 3.63) is 34.9 Å². The van der Waals surface area contributed by atoms with Crippen molar-refractivity contribution in [3.8, 4) is 0 Å². The van der Waals surface area contributed by atoms with Gasteiger partial charge in [-0.25, -0.2) is 4.21 Å². The third-order valence-electron chi connectivity index (χ3n) is 1.78. The van der Waals surface area contributed by atoms with Crippen molar-refractivity contribution in [3.63, 3.8) is 0 Å². The minimum atomic E-state index is -1.73. The fourth-order valence-electron chi connectivity index (χ4n) is 1.14. The van der Waals surface area contributed by atoms with Gasteiger partial charge in [0.05, 0.1) is 5.75 Å². The van der Waals surface area contributed by atoms with Gasteiger partial charge in [0.2, 0.25) is 0 Å². The van der Waals surface area contributed by atoms with Gasteiger partial charge in [-0.1, -0.05) is 23.8 Å². The van der Waals surface area contributed by atoms with Gasteiger partial charge in [-0.2, -0.15) is 0 Å². The van der Waals surface area contributed by atoms with E-state index in [0.29, 0.717) is 0 Å². The van der Waals surface area contributed by atoms with E-state index in [0.717, 1.165) is 11.1 Å². The lowest BCUT2D eigenvalue weighted by Gasteiger charge is -2.03. The van der Waals surface area contributed by atoms with Crippen LogP contribution < -0.4 is 0 Å². The van der Waals surface area contributed by atoms with E-state index < -0.39 is 11.1 Å². The van der Waals surface area contributed by atoms with Crippen molar-refractivity contribution >= 4 is 11.1 Å². The second-order valence-corrected chi connectivity index (χ2v) is 3.83. The van der Waals surface area contributed by atoms with Crippen molar-refractivity contribution in [2.75, 3.05) is 0 Å². The Kier molecular flexibility index (Phi) is 3.00. The van der Waals surface area contributed by atoms with E-state index in [2.05, 4.69) is 0 Å². The zero-order valence-electron chi connectivity index (χ0n) is 7.20. The van der Waals surface area contributed by atoms with Crippen LogP contribution in [0.2, 0.25) is 0 Å². The number of hydrogen-bond acceptors (Lipinski definition) is 1. The van der Waals surface area contributed by atoms with Gasteiger partial charge in [-0.15, -0.1) is 0 Å². The van der Waals surface area contributed by atoms with Crippen molar-refractivity contribution in [2.24, 2.45) is 0 Å². The first-order valence-electron chi connectivity index (χ1n) is 3.73. The molecule has 1 rings (SSSR count). The maximum atomic E-state index is 10.5. The standard InChI is InChI=1S/C9H12O2S/c1-7-3-4-9(6-12(10)11)8(2)5-7/h3-5H,6H2,1-2H3,(H,10,11). The first-order chi connectivity index (χ1) is 5.59. The van der Waals surface area contributed by atoms with Gasteiger partial charge in [-0.3, -0.25) is 0 Å². The minimum Gasteiger partial charge on any atom is -0.306 e. The summed E-state index contributed by atoms with van der Waals surface area (Å²) in [6.07, 6.45) is 0. The van der Waals surface area contributed by atoms with E-state index in [4.69, 9.17) is 4.55 Å². The Morgan fingerprint density at radius 3 is 2.58 bits per heavy atom. The summed E-state index contributed by atoms with van der Waals surface area (Å²) in [6.45, 7) is 3.96. The van der Waals surface area contributed by atoms with Gasteiger partial charge in [0.25, 0.3) is 0 Å². The van der Waals surface area contributed by atoms with Crippen LogP contribution in [0.1, 0.15) is 16.7 Å². The van der Waals surface area contributed by atoms with Crippen LogP contribution in [-0.4, -0.2) is 8.76 Å². The number of hydrogen-bond donors (Lipinski definition) is 1. The fraction of sp³-hybridized carbons (Fsp3) is 0.333. The molecule has 2 nitrogen and oxygen atoms in total. The van der Waals surface area contributed by atoms with Crippen LogP contribution in [0.5, 0.6) is 0 Å². The molecule has 0 aliphatic heterocycles. The van der Waals surface area contributed by atoms with Crippen LogP contribution in [0, 0.1) is 13.8 Å². The fourth-order valence-corrected chi connectivity index (χ4v) is 1.73. The Balaban J connectivity index is 2.93. The summed E-state index contributed by atoms with van der Waals surface area (Å²) in [6, 6.07) is 5.87. The smallest absolute Gasteiger partial charge is 0.157 e. The molecule has 3 heteroatoms. The van der Waals surface area contributed by atoms with E-state index >= 15 is 0 Å². The summed E-state index contributed by atoms with van der Waals surface area (Å²) in [5, 5.41) is 0. The molecule has 0 bridgehead atoms. The molecule has 1 atom stereocenters. The number of aryl methyl sites for hydroxylation is 2. The third kappa shape index (κ3) is 2.43. The van der Waals surface area contributed by atoms with E-state index in [1.165, 1.54) is 5.56 Å². The van der Waals surface area contributed by atoms with Gasteiger partial charge >= 0.3 is 0 Å². The van der Waals surface area contributed by atoms with Gasteiger partial charge in [-0.05, 0) is 25.0 Å². The second-order valence-electron chi connectivity index (χ2n) is 2.90. The van der Waals surface area contributed by atoms with Gasteiger partial charge in [0.15, 0.2) is 11.1 Å². The van der Waals surface area contributed by atoms with Crippen LogP contribution in [0.25, 0.3) is 0 Å². The molecule has 0 radical (unpaired) electrons. The van der Waals surface area contributed by atoms with Crippen molar-refractivity contribution < 1.29 is 8.76 Å². The van der Waals surface area contributed by atoms with Crippen molar-refractivity contribution in [2.45, 2.75) is 19.6 Å². The first kappa shape index (κ1) is 9.42. The molecule has 0 aliphatic rings. The molecule has 0 heterocycles. The Bertz CT molecular complexity index is 307. The lowest BCUT2D eigenvalue weighted by atomic mass is 10.1. The molecule has 12 heavy (non-hydrogen) atoms. The van der Waals surface area contributed by atoms with Gasteiger partial charge < -0.3 is 4.55 Å². The molecule has 0 spiro atoms. The molecule has 1 N–H and O–H groups in total. The van der Waals surface area contributed by atoms with E-state index in [-0.39, 0.29) is 5.75 Å². The summed E-state index contributed by atoms with van der Waals surface area (Å²) < 4.78 is 19.2. The molecule has 0 amide bonds. The minimum absolute atomic E-state index is 0.228. The van der Waals surface area contributed by atoms with E-state index in [1.807, 2.05) is 32.0 Å². The first-order valence-corrected chi connectivity index (χ1v) is 5.01. The molecular formula is C9H12O2S. The van der Waals surface area contributed by atoms with Crippen LogP contribution in [0.3, 0.4) is 0 Å². The zero-order chi connectivity index (χ0) is 9.14. The lowest BCUT2D eigenvalue weighted by molar-refractivity contribution is 0.563. The predicted octanol–water partition coefficient (Wildman–Crippen LogP) is 2.03. The monoisotopic (exact) mass is 184 g/mol. The second kappa shape index (κ2) is 3.83. The molecule has 66 valence electrons. The Morgan fingerprint density at radius 1 is 1.42 bits per heavy atom. The average Bonchev–Trinajstić information content (AvgIpc) is 1.94. The largest absolute Gasteiger partial charge is 0.306 e. The van der Waals surface area contributed by atoms with Crippen molar-refractivity contribution in [1.29, 1.82) is 0 Å². The highest BCUT2D eigenvalue weighted by atomic mass is 32.2. The van der Waals surface area contributed by atoms with Crippen LogP contribution in [-0.2, 0) is 16.8 Å². The molecule has 0 saturated carbocycles. The molecule has 0 saturated heterocycles. The molecular weight excluding hydrogens is 172 g/mol. The van der Waals surface area contributed by atoms with Crippen LogP contribution >= 0.6 is 0 Å². The predicted molar refractivity (Wildman–Crippen MR) is 50.4 cm³/mol. The molecule has 1 aromatic rings. The molecule has 1 aromatic carbocycles. The highest BCUT2D eigenvalue weighted by Crippen LogP contribution is 2.11. The van der Waals surface area contributed by atoms with Gasteiger partial charge in [0.1, 0.15) is 0 Å². The highest BCUT2D eigenvalue weighted by Gasteiger charge is 2.01. The highest BCUT2D eigenvalue weighted by molar-refractivity contribution is 7.78. The maximum Gasteiger partial charge on any atom is 0.157 e. The summed E-state index contributed by atoms with van der Waals surface area (Å²) >= 11 is -1.73. The molecule has 0 aliphatic carbocycles.